The van der Waals surface area contributed by atoms with Gasteiger partial charge in [0.2, 0.25) is 20.0 Å². The van der Waals surface area contributed by atoms with Crippen LogP contribution in [0, 0.1) is 13.8 Å². The predicted molar refractivity (Wildman–Crippen MR) is 153 cm³/mol. The summed E-state index contributed by atoms with van der Waals surface area (Å²) in [4.78, 5) is 12.3. The zero-order chi connectivity index (χ0) is 28.3. The molecule has 39 heavy (non-hydrogen) atoms. The van der Waals surface area contributed by atoms with Gasteiger partial charge in [-0.2, -0.15) is 0 Å². The van der Waals surface area contributed by atoms with Crippen LogP contribution in [0.4, 0.5) is 11.4 Å². The molecule has 11 nitrogen and oxygen atoms in total. The fourth-order valence-electron chi connectivity index (χ4n) is 4.29. The molecule has 0 atom stereocenters. The summed E-state index contributed by atoms with van der Waals surface area (Å²) in [5.41, 5.74) is 4.75. The fourth-order valence-corrected chi connectivity index (χ4v) is 5.97. The predicted octanol–water partition coefficient (Wildman–Crippen LogP) is 4.49. The van der Waals surface area contributed by atoms with Crippen LogP contribution in [-0.4, -0.2) is 36.4 Å². The Bertz CT molecular complexity index is 2000. The van der Waals surface area contributed by atoms with Crippen LogP contribution in [0.25, 0.3) is 28.2 Å². The number of primary sulfonamides is 2. The molecule has 0 bridgehead atoms. The Labute approximate surface area is 237 Å². The standard InChI is InChI=1S/C24H21BrClN7O4S2/c1-12-8-17(13(2)33(12)20-10-16(39(28,36)37)6-7-19(20)26)23-31-22-21(18(25)11-29-24(22)32-23)30-14-4-3-5-15(9-14)38(27,34)35/h3-11H,1-2H3,(H2,27,34,35)(H2,28,36,37)(H2,29,30,31,32). The monoisotopic (exact) mass is 649 g/mol. The summed E-state index contributed by atoms with van der Waals surface area (Å²) in [6.07, 6.45) is 1.60. The smallest absolute Gasteiger partial charge is 0.238 e. The first-order chi connectivity index (χ1) is 18.2. The molecular weight excluding hydrogens is 630 g/mol. The average Bonchev–Trinajstić information content (AvgIpc) is 3.41. The summed E-state index contributed by atoms with van der Waals surface area (Å²) < 4.78 is 49.9. The molecule has 0 saturated heterocycles. The van der Waals surface area contributed by atoms with Crippen molar-refractivity contribution in [2.75, 3.05) is 5.32 Å². The molecule has 0 amide bonds. The summed E-state index contributed by atoms with van der Waals surface area (Å²) in [5, 5.41) is 14.2. The number of hydrogen-bond donors (Lipinski definition) is 4. The largest absolute Gasteiger partial charge is 0.353 e. The second-order valence-electron chi connectivity index (χ2n) is 8.74. The summed E-state index contributed by atoms with van der Waals surface area (Å²) in [6, 6.07) is 12.3. The van der Waals surface area contributed by atoms with Gasteiger partial charge < -0.3 is 14.9 Å². The Balaban J connectivity index is 1.61. The number of rotatable bonds is 6. The zero-order valence-electron chi connectivity index (χ0n) is 20.4. The third-order valence-corrected chi connectivity index (χ3v) is 8.82. The van der Waals surface area contributed by atoms with E-state index in [1.807, 2.05) is 24.5 Å². The number of fused-ring (bicyclic) bond motifs is 1. The van der Waals surface area contributed by atoms with Crippen molar-refractivity contribution in [2.45, 2.75) is 23.6 Å². The molecule has 6 N–H and O–H groups in total. The second kappa shape index (κ2) is 9.73. The molecule has 0 spiro atoms. The van der Waals surface area contributed by atoms with Crippen LogP contribution in [0.15, 0.2) is 69.0 Å². The van der Waals surface area contributed by atoms with Crippen LogP contribution in [0.2, 0.25) is 5.02 Å². The van der Waals surface area contributed by atoms with E-state index in [-0.39, 0.29) is 9.79 Å². The van der Waals surface area contributed by atoms with Gasteiger partial charge in [-0.15, -0.1) is 0 Å². The third-order valence-electron chi connectivity index (χ3n) is 6.07. The van der Waals surface area contributed by atoms with Gasteiger partial charge in [0.25, 0.3) is 0 Å². The quantitative estimate of drug-likeness (QED) is 0.209. The van der Waals surface area contributed by atoms with Crippen LogP contribution < -0.4 is 15.6 Å². The second-order valence-corrected chi connectivity index (χ2v) is 13.1. The topological polar surface area (TPSA) is 179 Å². The van der Waals surface area contributed by atoms with Crippen molar-refractivity contribution in [3.05, 3.63) is 75.6 Å². The van der Waals surface area contributed by atoms with E-state index in [1.165, 1.54) is 30.3 Å². The number of aryl methyl sites for hydroxylation is 1. The lowest BCUT2D eigenvalue weighted by atomic mass is 10.2. The number of aromatic nitrogens is 4. The van der Waals surface area contributed by atoms with Gasteiger partial charge >= 0.3 is 0 Å². The lowest BCUT2D eigenvalue weighted by molar-refractivity contribution is 0.596. The van der Waals surface area contributed by atoms with E-state index in [4.69, 9.17) is 26.9 Å². The number of anilines is 2. The average molecular weight is 651 g/mol. The highest BCUT2D eigenvalue weighted by Gasteiger charge is 2.21. The minimum atomic E-state index is -3.93. The van der Waals surface area contributed by atoms with E-state index >= 15 is 0 Å². The maximum Gasteiger partial charge on any atom is 0.238 e. The van der Waals surface area contributed by atoms with E-state index in [2.05, 4.69) is 31.2 Å². The van der Waals surface area contributed by atoms with Crippen LogP contribution in [-0.2, 0) is 20.0 Å². The Morgan fingerprint density at radius 1 is 1.00 bits per heavy atom. The molecule has 3 heterocycles. The van der Waals surface area contributed by atoms with Crippen molar-refractivity contribution >= 4 is 70.1 Å². The molecule has 5 rings (SSSR count). The highest BCUT2D eigenvalue weighted by Crippen LogP contribution is 2.36. The number of H-pyrrole nitrogens is 1. The van der Waals surface area contributed by atoms with E-state index in [0.29, 0.717) is 43.5 Å². The normalized spacial score (nSPS) is 12.3. The minimum Gasteiger partial charge on any atom is -0.353 e. The molecule has 2 aromatic carbocycles. The molecule has 202 valence electrons. The Morgan fingerprint density at radius 3 is 2.38 bits per heavy atom. The van der Waals surface area contributed by atoms with Gasteiger partial charge in [0.15, 0.2) is 5.65 Å². The van der Waals surface area contributed by atoms with Crippen molar-refractivity contribution < 1.29 is 16.8 Å². The number of imidazole rings is 1. The maximum atomic E-state index is 11.9. The number of nitrogens with two attached hydrogens (primary N) is 2. The molecule has 3 aromatic heterocycles. The van der Waals surface area contributed by atoms with Crippen LogP contribution >= 0.6 is 27.5 Å². The van der Waals surface area contributed by atoms with Crippen LogP contribution in [0.5, 0.6) is 0 Å². The lowest BCUT2D eigenvalue weighted by Gasteiger charge is -2.13. The number of halogens is 2. The van der Waals surface area contributed by atoms with E-state index < -0.39 is 20.0 Å². The molecular formula is C24H21BrClN7O4S2. The molecule has 5 aromatic rings. The van der Waals surface area contributed by atoms with Crippen molar-refractivity contribution in [2.24, 2.45) is 10.3 Å². The van der Waals surface area contributed by atoms with Crippen molar-refractivity contribution in [1.82, 2.24) is 19.5 Å². The first-order valence-electron chi connectivity index (χ1n) is 11.2. The third kappa shape index (κ3) is 5.18. The number of nitrogens with one attached hydrogen (secondary N) is 2. The number of sulfonamides is 2. The molecule has 0 aliphatic carbocycles. The molecule has 0 fully saturated rings. The lowest BCUT2D eigenvalue weighted by Crippen LogP contribution is -2.13. The van der Waals surface area contributed by atoms with Gasteiger partial charge in [-0.3, -0.25) is 0 Å². The van der Waals surface area contributed by atoms with E-state index in [9.17, 15) is 16.8 Å². The summed E-state index contributed by atoms with van der Waals surface area (Å²) in [5.74, 6) is 0.509. The van der Waals surface area contributed by atoms with Gasteiger partial charge in [-0.1, -0.05) is 17.7 Å². The van der Waals surface area contributed by atoms with Crippen molar-refractivity contribution in [1.29, 1.82) is 0 Å². The SMILES string of the molecule is Cc1cc(-c2nc3c(Nc4cccc(S(N)(=O)=O)c4)c(Br)cnc3[nH]2)c(C)n1-c1cc(S(N)(=O)=O)ccc1Cl. The van der Waals surface area contributed by atoms with Gasteiger partial charge in [0, 0.05) is 28.8 Å². The first kappa shape index (κ1) is 27.3. The number of pyridine rings is 1. The maximum absolute atomic E-state index is 11.9. The summed E-state index contributed by atoms with van der Waals surface area (Å²) in [6.45, 7) is 3.72. The molecule has 0 aliphatic heterocycles. The summed E-state index contributed by atoms with van der Waals surface area (Å²) in [7, 11) is -7.82. The summed E-state index contributed by atoms with van der Waals surface area (Å²) >= 11 is 9.94. The molecule has 0 unspecified atom stereocenters. The van der Waals surface area contributed by atoms with E-state index in [0.717, 1.165) is 17.0 Å². The van der Waals surface area contributed by atoms with Crippen molar-refractivity contribution in [3.8, 4) is 17.1 Å². The number of benzene rings is 2. The highest BCUT2D eigenvalue weighted by molar-refractivity contribution is 9.10. The van der Waals surface area contributed by atoms with Crippen LogP contribution in [0.1, 0.15) is 11.4 Å². The number of nitrogens with zero attached hydrogens (tertiary/aromatic N) is 3. The zero-order valence-corrected chi connectivity index (χ0v) is 24.4. The van der Waals surface area contributed by atoms with Crippen molar-refractivity contribution in [3.63, 3.8) is 0 Å². The molecule has 15 heteroatoms. The fraction of sp³-hybridized carbons (Fsp3) is 0.0833. The minimum absolute atomic E-state index is 0.0331. The number of aromatic amines is 1. The van der Waals surface area contributed by atoms with Gasteiger partial charge in [-0.25, -0.2) is 37.1 Å². The Kier molecular flexibility index (Phi) is 6.81. The van der Waals surface area contributed by atoms with E-state index in [1.54, 1.807) is 18.3 Å². The highest BCUT2D eigenvalue weighted by atomic mass is 79.9. The van der Waals surface area contributed by atoms with Gasteiger partial charge in [0.1, 0.15) is 11.3 Å². The molecule has 0 radical (unpaired) electrons. The van der Waals surface area contributed by atoms with Crippen LogP contribution in [0.3, 0.4) is 0 Å². The van der Waals surface area contributed by atoms with Gasteiger partial charge in [-0.05, 0) is 72.2 Å². The first-order valence-corrected chi connectivity index (χ1v) is 15.5. The molecule has 0 saturated carbocycles. The van der Waals surface area contributed by atoms with Gasteiger partial charge in [0.05, 0.1) is 30.7 Å². The number of hydrogen-bond acceptors (Lipinski definition) is 7. The Morgan fingerprint density at radius 2 is 1.69 bits per heavy atom. The Hall–Kier alpha value is -3.27. The molecule has 0 aliphatic rings.